The van der Waals surface area contributed by atoms with Crippen LogP contribution in [0.25, 0.3) is 6.08 Å². The standard InChI is InChI=1S/C23H34N2O2/c1-4-18(10-16-8-6-5-7-9-16)20-13-21(20)24-14-17-11-19(12-17)25-15-23(2,3)22(26)27/h5-10,17,19-21,24-25H,4,11-15H2,1-3H3,(H,26,27)/t17?,19?,20?,21-/m0/s1. The van der Waals surface area contributed by atoms with Gasteiger partial charge in [0.15, 0.2) is 0 Å². The fourth-order valence-corrected chi connectivity index (χ4v) is 3.93. The minimum Gasteiger partial charge on any atom is -0.481 e. The fraction of sp³-hybridized carbons (Fsp3) is 0.609. The minimum atomic E-state index is -0.734. The lowest BCUT2D eigenvalue weighted by atomic mass is 9.79. The Morgan fingerprint density at radius 2 is 1.89 bits per heavy atom. The maximum atomic E-state index is 11.2. The highest BCUT2D eigenvalue weighted by Crippen LogP contribution is 2.40. The van der Waals surface area contributed by atoms with Crippen molar-refractivity contribution in [2.45, 2.75) is 58.5 Å². The van der Waals surface area contributed by atoms with E-state index in [9.17, 15) is 9.90 Å². The van der Waals surface area contributed by atoms with E-state index in [2.05, 4.69) is 54.0 Å². The van der Waals surface area contributed by atoms with Crippen molar-refractivity contribution in [2.24, 2.45) is 17.3 Å². The second-order valence-electron chi connectivity index (χ2n) is 8.94. The smallest absolute Gasteiger partial charge is 0.310 e. The summed E-state index contributed by atoms with van der Waals surface area (Å²) < 4.78 is 0. The maximum absolute atomic E-state index is 11.2. The van der Waals surface area contributed by atoms with Crippen LogP contribution in [0.2, 0.25) is 0 Å². The van der Waals surface area contributed by atoms with Crippen molar-refractivity contribution in [2.75, 3.05) is 13.1 Å². The van der Waals surface area contributed by atoms with E-state index in [0.29, 0.717) is 24.5 Å². The maximum Gasteiger partial charge on any atom is 0.310 e. The number of benzene rings is 1. The Balaban J connectivity index is 1.35. The van der Waals surface area contributed by atoms with Gasteiger partial charge in [0.25, 0.3) is 0 Å². The first-order chi connectivity index (χ1) is 12.9. The quantitative estimate of drug-likeness (QED) is 0.584. The van der Waals surface area contributed by atoms with Gasteiger partial charge in [-0.1, -0.05) is 48.9 Å². The van der Waals surface area contributed by atoms with Crippen LogP contribution in [-0.4, -0.2) is 36.2 Å². The van der Waals surface area contributed by atoms with Crippen LogP contribution in [0.4, 0.5) is 0 Å². The molecule has 1 aromatic carbocycles. The zero-order valence-corrected chi connectivity index (χ0v) is 16.9. The van der Waals surface area contributed by atoms with Crippen molar-refractivity contribution < 1.29 is 9.90 Å². The third-order valence-corrected chi connectivity index (χ3v) is 6.14. The molecule has 0 saturated heterocycles. The lowest BCUT2D eigenvalue weighted by Crippen LogP contribution is -2.49. The van der Waals surface area contributed by atoms with E-state index in [4.69, 9.17) is 0 Å². The normalized spacial score (nSPS) is 27.9. The van der Waals surface area contributed by atoms with Crippen LogP contribution in [0.1, 0.15) is 52.0 Å². The Bertz CT molecular complexity index is 662. The molecule has 0 aromatic heterocycles. The van der Waals surface area contributed by atoms with Gasteiger partial charge in [-0.25, -0.2) is 0 Å². The Kier molecular flexibility index (Phi) is 6.38. The molecule has 0 spiro atoms. The molecule has 2 atom stereocenters. The van der Waals surface area contributed by atoms with Gasteiger partial charge >= 0.3 is 5.97 Å². The van der Waals surface area contributed by atoms with E-state index in [1.165, 1.54) is 12.0 Å². The topological polar surface area (TPSA) is 61.4 Å². The molecule has 0 amide bonds. The summed E-state index contributed by atoms with van der Waals surface area (Å²) in [6, 6.07) is 11.7. The van der Waals surface area contributed by atoms with Crippen molar-refractivity contribution >= 4 is 12.0 Å². The van der Waals surface area contributed by atoms with Crippen molar-refractivity contribution in [3.63, 3.8) is 0 Å². The van der Waals surface area contributed by atoms with E-state index in [0.717, 1.165) is 31.7 Å². The number of hydrogen-bond acceptors (Lipinski definition) is 3. The summed E-state index contributed by atoms with van der Waals surface area (Å²) in [7, 11) is 0. The average molecular weight is 371 g/mol. The first kappa shape index (κ1) is 20.1. The molecular formula is C23H34N2O2. The molecule has 3 N–H and O–H groups in total. The summed E-state index contributed by atoms with van der Waals surface area (Å²) >= 11 is 0. The van der Waals surface area contributed by atoms with Crippen LogP contribution in [0.3, 0.4) is 0 Å². The Hall–Kier alpha value is -1.65. The SMILES string of the molecule is CCC(=Cc1ccccc1)C1C[C@@H]1NCC1CC(NCC(C)(C)C(=O)O)C1. The van der Waals surface area contributed by atoms with Crippen molar-refractivity contribution in [3.8, 4) is 0 Å². The van der Waals surface area contributed by atoms with E-state index in [1.54, 1.807) is 19.4 Å². The molecular weight excluding hydrogens is 336 g/mol. The highest BCUT2D eigenvalue weighted by Gasteiger charge is 2.40. The number of carboxylic acids is 1. The Morgan fingerprint density at radius 1 is 1.19 bits per heavy atom. The molecule has 2 saturated carbocycles. The minimum absolute atomic E-state index is 0.481. The van der Waals surface area contributed by atoms with Gasteiger partial charge in [0.05, 0.1) is 5.41 Å². The lowest BCUT2D eigenvalue weighted by Gasteiger charge is -2.37. The summed E-state index contributed by atoms with van der Waals surface area (Å²) in [4.78, 5) is 11.2. The molecule has 3 rings (SSSR count). The third-order valence-electron chi connectivity index (χ3n) is 6.14. The highest BCUT2D eigenvalue weighted by molar-refractivity contribution is 5.73. The van der Waals surface area contributed by atoms with Gasteiger partial charge in [-0.3, -0.25) is 4.79 Å². The number of aliphatic carboxylic acids is 1. The molecule has 1 aromatic rings. The van der Waals surface area contributed by atoms with Crippen molar-refractivity contribution in [1.82, 2.24) is 10.6 Å². The van der Waals surface area contributed by atoms with Gasteiger partial charge < -0.3 is 15.7 Å². The second kappa shape index (κ2) is 8.57. The monoisotopic (exact) mass is 370 g/mol. The van der Waals surface area contributed by atoms with Crippen LogP contribution in [0.15, 0.2) is 35.9 Å². The van der Waals surface area contributed by atoms with Crippen LogP contribution in [0, 0.1) is 17.3 Å². The third kappa shape index (κ3) is 5.43. The molecule has 0 bridgehead atoms. The summed E-state index contributed by atoms with van der Waals surface area (Å²) in [6.07, 6.45) is 7.04. The van der Waals surface area contributed by atoms with Gasteiger partial charge in [0.2, 0.25) is 0 Å². The molecule has 2 fully saturated rings. The van der Waals surface area contributed by atoms with E-state index < -0.39 is 11.4 Å². The van der Waals surface area contributed by atoms with Crippen LogP contribution in [-0.2, 0) is 4.79 Å². The number of nitrogens with one attached hydrogen (secondary N) is 2. The predicted molar refractivity (Wildman–Crippen MR) is 111 cm³/mol. The first-order valence-electron chi connectivity index (χ1n) is 10.3. The molecule has 4 nitrogen and oxygen atoms in total. The fourth-order valence-electron chi connectivity index (χ4n) is 3.93. The zero-order chi connectivity index (χ0) is 19.4. The second-order valence-corrected chi connectivity index (χ2v) is 8.94. The largest absolute Gasteiger partial charge is 0.481 e. The Labute approximate surface area is 163 Å². The molecule has 1 unspecified atom stereocenters. The number of rotatable bonds is 10. The first-order valence-corrected chi connectivity index (χ1v) is 10.3. The van der Waals surface area contributed by atoms with Crippen LogP contribution < -0.4 is 10.6 Å². The van der Waals surface area contributed by atoms with E-state index >= 15 is 0 Å². The molecule has 2 aliphatic rings. The van der Waals surface area contributed by atoms with Gasteiger partial charge in [0, 0.05) is 18.6 Å². The number of carbonyl (C=O) groups is 1. The number of hydrogen-bond donors (Lipinski definition) is 3. The summed E-state index contributed by atoms with van der Waals surface area (Å²) in [5.41, 5.74) is 2.17. The molecule has 148 valence electrons. The van der Waals surface area contributed by atoms with Crippen LogP contribution >= 0.6 is 0 Å². The van der Waals surface area contributed by atoms with E-state index in [1.807, 2.05) is 0 Å². The summed E-state index contributed by atoms with van der Waals surface area (Å²) in [6.45, 7) is 7.44. The molecule has 2 aliphatic carbocycles. The number of carboxylic acid groups (broad SMARTS) is 1. The molecule has 27 heavy (non-hydrogen) atoms. The van der Waals surface area contributed by atoms with Crippen molar-refractivity contribution in [3.05, 3.63) is 41.5 Å². The Morgan fingerprint density at radius 3 is 2.52 bits per heavy atom. The molecule has 0 radical (unpaired) electrons. The van der Waals surface area contributed by atoms with Gasteiger partial charge in [-0.15, -0.1) is 0 Å². The van der Waals surface area contributed by atoms with Gasteiger partial charge in [-0.2, -0.15) is 0 Å². The highest BCUT2D eigenvalue weighted by atomic mass is 16.4. The van der Waals surface area contributed by atoms with Gasteiger partial charge in [-0.05, 0) is 63.5 Å². The summed E-state index contributed by atoms with van der Waals surface area (Å²) in [5.74, 6) is 0.683. The molecule has 0 heterocycles. The summed E-state index contributed by atoms with van der Waals surface area (Å²) in [5, 5.41) is 16.4. The molecule has 4 heteroatoms. The van der Waals surface area contributed by atoms with Crippen molar-refractivity contribution in [1.29, 1.82) is 0 Å². The van der Waals surface area contributed by atoms with Gasteiger partial charge in [0.1, 0.15) is 0 Å². The van der Waals surface area contributed by atoms with E-state index in [-0.39, 0.29) is 0 Å². The lowest BCUT2D eigenvalue weighted by molar-refractivity contribution is -0.146. The average Bonchev–Trinajstić information content (AvgIpc) is 3.38. The predicted octanol–water partition coefficient (Wildman–Crippen LogP) is 3.94. The zero-order valence-electron chi connectivity index (χ0n) is 16.9. The molecule has 0 aliphatic heterocycles. The van der Waals surface area contributed by atoms with Crippen LogP contribution in [0.5, 0.6) is 0 Å².